The molecule has 0 spiro atoms. The maximum absolute atomic E-state index is 13.1. The molecule has 1 saturated heterocycles. The molecule has 0 aliphatic carbocycles. The molecule has 0 radical (unpaired) electrons. The van der Waals surface area contributed by atoms with Crippen molar-refractivity contribution < 1.29 is 18.7 Å². The van der Waals surface area contributed by atoms with E-state index in [1.54, 1.807) is 18.2 Å². The number of nitrogens with zero attached hydrogens (tertiary/aromatic N) is 1. The minimum atomic E-state index is -0.522. The fraction of sp³-hybridized carbons (Fsp3) is 0.0833. The van der Waals surface area contributed by atoms with Crippen molar-refractivity contribution in [2.75, 3.05) is 0 Å². The number of urea groups is 1. The van der Waals surface area contributed by atoms with E-state index in [0.29, 0.717) is 32.4 Å². The number of benzene rings is 3. The van der Waals surface area contributed by atoms with Gasteiger partial charge in [0.25, 0.3) is 5.91 Å². The Morgan fingerprint density at radius 3 is 2.21 bits per heavy atom. The number of rotatable bonds is 6. The van der Waals surface area contributed by atoms with E-state index in [1.165, 1.54) is 12.1 Å². The van der Waals surface area contributed by atoms with Crippen molar-refractivity contribution >= 4 is 72.5 Å². The molecule has 168 valence electrons. The van der Waals surface area contributed by atoms with Crippen molar-refractivity contribution in [1.29, 1.82) is 0 Å². The third-order valence-corrected chi connectivity index (χ3v) is 6.74. The van der Waals surface area contributed by atoms with Crippen molar-refractivity contribution in [2.45, 2.75) is 13.2 Å². The number of ether oxygens (including phenoxy) is 1. The molecule has 4 rings (SSSR count). The Balaban J connectivity index is 1.49. The number of imide groups is 1. The molecule has 3 aromatic carbocycles. The molecule has 0 aromatic heterocycles. The van der Waals surface area contributed by atoms with Crippen molar-refractivity contribution in [2.24, 2.45) is 0 Å². The first-order valence-electron chi connectivity index (χ1n) is 9.75. The van der Waals surface area contributed by atoms with Gasteiger partial charge in [0, 0.05) is 3.57 Å². The molecular formula is C24H16Br2FIN2O3. The third kappa shape index (κ3) is 5.82. The second kappa shape index (κ2) is 10.4. The molecule has 3 amide bonds. The second-order valence-corrected chi connectivity index (χ2v) is 10.2. The summed E-state index contributed by atoms with van der Waals surface area (Å²) in [5, 5.41) is 2.60. The SMILES string of the molecule is O=C1N/C(=C/c2cc(Br)c(OCc3ccc(I)cc3)c(Br)c2)C(=O)N1Cc1ccc(F)cc1. The molecule has 1 aliphatic heterocycles. The van der Waals surface area contributed by atoms with Gasteiger partial charge in [-0.3, -0.25) is 9.69 Å². The summed E-state index contributed by atoms with van der Waals surface area (Å²) < 4.78 is 21.6. The van der Waals surface area contributed by atoms with E-state index in [9.17, 15) is 14.0 Å². The van der Waals surface area contributed by atoms with Crippen LogP contribution in [0.4, 0.5) is 9.18 Å². The zero-order valence-electron chi connectivity index (χ0n) is 16.9. The fourth-order valence-electron chi connectivity index (χ4n) is 3.19. The summed E-state index contributed by atoms with van der Waals surface area (Å²) in [6.07, 6.45) is 1.60. The van der Waals surface area contributed by atoms with Crippen molar-refractivity contribution in [3.05, 3.63) is 101 Å². The van der Waals surface area contributed by atoms with Crippen LogP contribution < -0.4 is 10.1 Å². The topological polar surface area (TPSA) is 58.6 Å². The lowest BCUT2D eigenvalue weighted by atomic mass is 10.1. The summed E-state index contributed by atoms with van der Waals surface area (Å²) in [6, 6.07) is 16.8. The maximum Gasteiger partial charge on any atom is 0.329 e. The van der Waals surface area contributed by atoms with Crippen LogP contribution in [0.25, 0.3) is 6.08 Å². The van der Waals surface area contributed by atoms with Gasteiger partial charge in [0.2, 0.25) is 0 Å². The highest BCUT2D eigenvalue weighted by Gasteiger charge is 2.33. The number of hydrogen-bond acceptors (Lipinski definition) is 3. The lowest BCUT2D eigenvalue weighted by Crippen LogP contribution is -2.30. The van der Waals surface area contributed by atoms with E-state index >= 15 is 0 Å². The average molecular weight is 686 g/mol. The predicted octanol–water partition coefficient (Wildman–Crippen LogP) is 6.63. The van der Waals surface area contributed by atoms with Crippen LogP contribution in [0.15, 0.2) is 75.3 Å². The molecule has 9 heteroatoms. The number of carbonyl (C=O) groups is 2. The number of halogens is 4. The first-order chi connectivity index (χ1) is 15.8. The molecule has 5 nitrogen and oxygen atoms in total. The Labute approximate surface area is 220 Å². The molecule has 0 saturated carbocycles. The summed E-state index contributed by atoms with van der Waals surface area (Å²) in [7, 11) is 0. The minimum absolute atomic E-state index is 0.0565. The molecule has 1 fully saturated rings. The van der Waals surface area contributed by atoms with Gasteiger partial charge in [0.1, 0.15) is 23.9 Å². The fourth-order valence-corrected chi connectivity index (χ4v) is 5.00. The average Bonchev–Trinajstić information content (AvgIpc) is 3.03. The smallest absolute Gasteiger partial charge is 0.329 e. The second-order valence-electron chi connectivity index (χ2n) is 7.23. The molecule has 0 unspecified atom stereocenters. The highest BCUT2D eigenvalue weighted by atomic mass is 127. The summed E-state index contributed by atoms with van der Waals surface area (Å²) >= 11 is 9.30. The zero-order valence-corrected chi connectivity index (χ0v) is 22.3. The minimum Gasteiger partial charge on any atom is -0.487 e. The normalized spacial score (nSPS) is 14.7. The van der Waals surface area contributed by atoms with Gasteiger partial charge in [-0.25, -0.2) is 9.18 Å². The zero-order chi connectivity index (χ0) is 23.5. The van der Waals surface area contributed by atoms with Crippen LogP contribution in [0.2, 0.25) is 0 Å². The Kier molecular flexibility index (Phi) is 7.50. The summed E-state index contributed by atoms with van der Waals surface area (Å²) in [6.45, 7) is 0.461. The lowest BCUT2D eigenvalue weighted by Gasteiger charge is -2.12. The van der Waals surface area contributed by atoms with E-state index in [-0.39, 0.29) is 18.1 Å². The lowest BCUT2D eigenvalue weighted by molar-refractivity contribution is -0.123. The molecule has 3 aromatic rings. The number of hydrogen-bond donors (Lipinski definition) is 1. The Bertz CT molecular complexity index is 1220. The van der Waals surface area contributed by atoms with Crippen molar-refractivity contribution in [3.8, 4) is 5.75 Å². The summed E-state index contributed by atoms with van der Waals surface area (Å²) in [5.74, 6) is -0.190. The van der Waals surface area contributed by atoms with E-state index in [1.807, 2.05) is 36.4 Å². The molecule has 0 atom stereocenters. The van der Waals surface area contributed by atoms with Crippen molar-refractivity contribution in [3.63, 3.8) is 0 Å². The van der Waals surface area contributed by atoms with Gasteiger partial charge in [0.15, 0.2) is 0 Å². The largest absolute Gasteiger partial charge is 0.487 e. The van der Waals surface area contributed by atoms with Gasteiger partial charge in [-0.1, -0.05) is 24.3 Å². The molecule has 33 heavy (non-hydrogen) atoms. The standard InChI is InChI=1S/C24H16Br2FIN2O3/c25-19-9-16(10-20(26)22(19)33-13-15-3-7-18(28)8-4-15)11-21-23(31)30(24(32)29-21)12-14-1-5-17(27)6-2-14/h1-11H,12-13H2,(H,29,32)/b21-11+. The van der Waals surface area contributed by atoms with Gasteiger partial charge in [-0.2, -0.15) is 0 Å². The Morgan fingerprint density at radius 2 is 1.58 bits per heavy atom. The first kappa shape index (κ1) is 23.9. The van der Waals surface area contributed by atoms with Crippen LogP contribution in [0.3, 0.4) is 0 Å². The summed E-state index contributed by atoms with van der Waals surface area (Å²) in [5.41, 5.74) is 2.55. The van der Waals surface area contributed by atoms with E-state index < -0.39 is 11.9 Å². The molecule has 1 N–H and O–H groups in total. The van der Waals surface area contributed by atoms with Crippen LogP contribution in [0.5, 0.6) is 5.75 Å². The van der Waals surface area contributed by atoms with E-state index in [0.717, 1.165) is 14.0 Å². The highest BCUT2D eigenvalue weighted by Crippen LogP contribution is 2.36. The van der Waals surface area contributed by atoms with Gasteiger partial charge in [-0.15, -0.1) is 0 Å². The number of amides is 3. The molecular weight excluding hydrogens is 670 g/mol. The predicted molar refractivity (Wildman–Crippen MR) is 139 cm³/mol. The van der Waals surface area contributed by atoms with Crippen molar-refractivity contribution in [1.82, 2.24) is 10.2 Å². The van der Waals surface area contributed by atoms with Crippen LogP contribution in [0.1, 0.15) is 16.7 Å². The van der Waals surface area contributed by atoms with E-state index in [2.05, 4.69) is 59.8 Å². The number of nitrogens with one attached hydrogen (secondary N) is 1. The first-order valence-corrected chi connectivity index (χ1v) is 12.4. The highest BCUT2D eigenvalue weighted by molar-refractivity contribution is 14.1. The molecule has 1 aliphatic rings. The van der Waals surface area contributed by atoms with Gasteiger partial charge >= 0.3 is 6.03 Å². The third-order valence-electron chi connectivity index (χ3n) is 4.84. The monoisotopic (exact) mass is 684 g/mol. The van der Waals surface area contributed by atoms with Gasteiger partial charge in [-0.05, 0) is 114 Å². The van der Waals surface area contributed by atoms with Crippen LogP contribution in [-0.2, 0) is 17.9 Å². The van der Waals surface area contributed by atoms with Crippen LogP contribution >= 0.6 is 54.5 Å². The Morgan fingerprint density at radius 1 is 0.970 bits per heavy atom. The summed E-state index contributed by atoms with van der Waals surface area (Å²) in [4.78, 5) is 26.2. The number of carbonyl (C=O) groups excluding carboxylic acids is 2. The van der Waals surface area contributed by atoms with Crippen LogP contribution in [-0.4, -0.2) is 16.8 Å². The molecule has 0 bridgehead atoms. The van der Waals surface area contributed by atoms with Gasteiger partial charge < -0.3 is 10.1 Å². The Hall–Kier alpha value is -2.24. The van der Waals surface area contributed by atoms with Crippen LogP contribution in [0, 0.1) is 9.39 Å². The molecule has 1 heterocycles. The van der Waals surface area contributed by atoms with Gasteiger partial charge in [0.05, 0.1) is 15.5 Å². The maximum atomic E-state index is 13.1. The quantitative estimate of drug-likeness (QED) is 0.180. The van der Waals surface area contributed by atoms with E-state index in [4.69, 9.17) is 4.74 Å².